The van der Waals surface area contributed by atoms with Gasteiger partial charge in [-0.25, -0.2) is 4.98 Å². The van der Waals surface area contributed by atoms with Crippen LogP contribution in [0.1, 0.15) is 5.56 Å². The lowest BCUT2D eigenvalue weighted by Crippen LogP contribution is -1.83. The summed E-state index contributed by atoms with van der Waals surface area (Å²) >= 11 is 0. The van der Waals surface area contributed by atoms with Crippen molar-refractivity contribution in [1.29, 1.82) is 5.26 Å². The maximum absolute atomic E-state index is 9.27. The molecule has 0 aliphatic carbocycles. The molecule has 0 bridgehead atoms. The molecule has 1 aromatic carbocycles. The summed E-state index contributed by atoms with van der Waals surface area (Å²) in [6.07, 6.45) is 0. The van der Waals surface area contributed by atoms with Gasteiger partial charge in [-0.3, -0.25) is 0 Å². The van der Waals surface area contributed by atoms with Crippen molar-refractivity contribution >= 4 is 10.9 Å². The maximum atomic E-state index is 9.27. The van der Waals surface area contributed by atoms with E-state index in [1.54, 1.807) is 12.1 Å². The number of benzene rings is 1. The topological polar surface area (TPSA) is 56.9 Å². The third-order valence-electron chi connectivity index (χ3n) is 1.82. The van der Waals surface area contributed by atoms with Gasteiger partial charge in [0.15, 0.2) is 0 Å². The van der Waals surface area contributed by atoms with Gasteiger partial charge >= 0.3 is 0 Å². The average Bonchev–Trinajstić information content (AvgIpc) is 2.17. The fraction of sp³-hybridized carbons (Fsp3) is 0. The lowest BCUT2D eigenvalue weighted by atomic mass is 10.2. The molecule has 0 atom stereocenters. The molecule has 0 saturated heterocycles. The molecular weight excluding hydrogens is 164 g/mol. The first-order valence-corrected chi connectivity index (χ1v) is 3.80. The van der Waals surface area contributed by atoms with E-state index in [-0.39, 0.29) is 11.4 Å². The Balaban J connectivity index is 2.83. The number of aromatic hydroxyl groups is 1. The first-order valence-electron chi connectivity index (χ1n) is 3.80. The second kappa shape index (κ2) is 2.76. The zero-order chi connectivity index (χ0) is 9.26. The quantitative estimate of drug-likeness (QED) is 0.656. The van der Waals surface area contributed by atoms with Gasteiger partial charge in [0.2, 0.25) is 5.88 Å². The maximum Gasteiger partial charge on any atom is 0.229 e. The second-order valence-corrected chi connectivity index (χ2v) is 2.66. The Morgan fingerprint density at radius 2 is 2.08 bits per heavy atom. The van der Waals surface area contributed by atoms with Gasteiger partial charge in [-0.2, -0.15) is 5.26 Å². The summed E-state index contributed by atoms with van der Waals surface area (Å²) in [6.45, 7) is 0. The number of rotatable bonds is 0. The lowest BCUT2D eigenvalue weighted by Gasteiger charge is -1.98. The van der Waals surface area contributed by atoms with Gasteiger partial charge in [0, 0.05) is 5.39 Å². The minimum absolute atomic E-state index is 0.207. The lowest BCUT2D eigenvalue weighted by molar-refractivity contribution is 0.454. The second-order valence-electron chi connectivity index (χ2n) is 2.66. The van der Waals surface area contributed by atoms with Crippen LogP contribution >= 0.6 is 0 Å². The van der Waals surface area contributed by atoms with Gasteiger partial charge in [-0.05, 0) is 12.1 Å². The fourth-order valence-corrected chi connectivity index (χ4v) is 1.19. The highest BCUT2D eigenvalue weighted by Crippen LogP contribution is 2.19. The number of fused-ring (bicyclic) bond motifs is 1. The summed E-state index contributed by atoms with van der Waals surface area (Å²) < 4.78 is 0. The predicted octanol–water partition coefficient (Wildman–Crippen LogP) is 1.81. The Kier molecular flexibility index (Phi) is 1.60. The summed E-state index contributed by atoms with van der Waals surface area (Å²) in [6, 6.07) is 10.8. The highest BCUT2D eigenvalue weighted by Gasteiger charge is 2.03. The van der Waals surface area contributed by atoms with Crippen molar-refractivity contribution in [1.82, 2.24) is 4.98 Å². The summed E-state index contributed by atoms with van der Waals surface area (Å²) in [5, 5.41) is 18.8. The van der Waals surface area contributed by atoms with E-state index in [2.05, 4.69) is 4.98 Å². The van der Waals surface area contributed by atoms with E-state index in [0.717, 1.165) is 5.39 Å². The van der Waals surface area contributed by atoms with Gasteiger partial charge < -0.3 is 5.11 Å². The van der Waals surface area contributed by atoms with Crippen molar-refractivity contribution in [3.05, 3.63) is 35.9 Å². The van der Waals surface area contributed by atoms with Crippen LogP contribution in [0.15, 0.2) is 30.3 Å². The molecule has 0 saturated carbocycles. The molecule has 2 rings (SSSR count). The monoisotopic (exact) mass is 170 g/mol. The Labute approximate surface area is 74.9 Å². The summed E-state index contributed by atoms with van der Waals surface area (Å²) in [7, 11) is 0. The van der Waals surface area contributed by atoms with Crippen LogP contribution in [0.3, 0.4) is 0 Å². The number of pyridine rings is 1. The van der Waals surface area contributed by atoms with Crippen molar-refractivity contribution in [2.75, 3.05) is 0 Å². The van der Waals surface area contributed by atoms with Crippen LogP contribution < -0.4 is 0 Å². The zero-order valence-corrected chi connectivity index (χ0v) is 6.73. The smallest absolute Gasteiger partial charge is 0.229 e. The summed E-state index contributed by atoms with van der Waals surface area (Å²) in [4.78, 5) is 3.88. The molecule has 0 fully saturated rings. The van der Waals surface area contributed by atoms with Crippen molar-refractivity contribution in [2.24, 2.45) is 0 Å². The molecule has 0 aliphatic heterocycles. The van der Waals surface area contributed by atoms with E-state index in [1.165, 1.54) is 0 Å². The van der Waals surface area contributed by atoms with Crippen LogP contribution in [0.5, 0.6) is 5.88 Å². The van der Waals surface area contributed by atoms with Gasteiger partial charge in [-0.1, -0.05) is 18.2 Å². The van der Waals surface area contributed by atoms with Gasteiger partial charge in [0.1, 0.15) is 11.6 Å². The largest absolute Gasteiger partial charge is 0.492 e. The Morgan fingerprint density at radius 3 is 2.85 bits per heavy atom. The molecule has 1 heterocycles. The number of para-hydroxylation sites is 1. The van der Waals surface area contributed by atoms with Crippen molar-refractivity contribution in [3.63, 3.8) is 0 Å². The Hall–Kier alpha value is -2.08. The minimum Gasteiger partial charge on any atom is -0.492 e. The molecule has 2 aromatic rings. The SMILES string of the molecule is N#Cc1cc2ccccc2nc1O. The van der Waals surface area contributed by atoms with E-state index in [9.17, 15) is 5.11 Å². The predicted molar refractivity (Wildman–Crippen MR) is 48.1 cm³/mol. The van der Waals surface area contributed by atoms with Crippen LogP contribution in [0.25, 0.3) is 10.9 Å². The van der Waals surface area contributed by atoms with E-state index in [0.29, 0.717) is 5.52 Å². The van der Waals surface area contributed by atoms with E-state index < -0.39 is 0 Å². The standard InChI is InChI=1S/C10H6N2O/c11-6-8-5-7-3-1-2-4-9(7)12-10(8)13/h1-5H,(H,12,13). The molecule has 1 N–H and O–H groups in total. The molecular formula is C10H6N2O. The van der Waals surface area contributed by atoms with E-state index in [1.807, 2.05) is 24.3 Å². The van der Waals surface area contributed by atoms with Crippen LogP contribution in [-0.2, 0) is 0 Å². The van der Waals surface area contributed by atoms with Crippen LogP contribution in [-0.4, -0.2) is 10.1 Å². The molecule has 0 unspecified atom stereocenters. The molecule has 0 radical (unpaired) electrons. The first kappa shape index (κ1) is 7.56. The van der Waals surface area contributed by atoms with Crippen molar-refractivity contribution in [2.45, 2.75) is 0 Å². The van der Waals surface area contributed by atoms with Crippen molar-refractivity contribution in [3.8, 4) is 11.9 Å². The number of aromatic nitrogens is 1. The molecule has 0 aliphatic rings. The first-order chi connectivity index (χ1) is 6.31. The molecule has 3 nitrogen and oxygen atoms in total. The van der Waals surface area contributed by atoms with Crippen molar-refractivity contribution < 1.29 is 5.11 Å². The molecule has 0 spiro atoms. The number of hydrogen-bond donors (Lipinski definition) is 1. The molecule has 62 valence electrons. The van der Waals surface area contributed by atoms with Gasteiger partial charge in [-0.15, -0.1) is 0 Å². The molecule has 1 aromatic heterocycles. The van der Waals surface area contributed by atoms with E-state index >= 15 is 0 Å². The van der Waals surface area contributed by atoms with Crippen LogP contribution in [0, 0.1) is 11.3 Å². The summed E-state index contributed by atoms with van der Waals surface area (Å²) in [5.41, 5.74) is 0.901. The third-order valence-corrected chi connectivity index (χ3v) is 1.82. The normalized spacial score (nSPS) is 9.77. The van der Waals surface area contributed by atoms with Gasteiger partial charge in [0.25, 0.3) is 0 Å². The minimum atomic E-state index is -0.207. The molecule has 3 heteroatoms. The Morgan fingerprint density at radius 1 is 1.31 bits per heavy atom. The molecule has 13 heavy (non-hydrogen) atoms. The van der Waals surface area contributed by atoms with Gasteiger partial charge in [0.05, 0.1) is 5.52 Å². The fourth-order valence-electron chi connectivity index (χ4n) is 1.19. The Bertz CT molecular complexity index is 500. The highest BCUT2D eigenvalue weighted by atomic mass is 16.3. The molecule has 0 amide bonds. The average molecular weight is 170 g/mol. The summed E-state index contributed by atoms with van der Waals surface area (Å²) in [5.74, 6) is -0.207. The highest BCUT2D eigenvalue weighted by molar-refractivity contribution is 5.80. The van der Waals surface area contributed by atoms with Crippen LogP contribution in [0.2, 0.25) is 0 Å². The third kappa shape index (κ3) is 1.18. The number of nitriles is 1. The van der Waals surface area contributed by atoms with E-state index in [4.69, 9.17) is 5.26 Å². The zero-order valence-electron chi connectivity index (χ0n) is 6.73. The number of nitrogens with zero attached hydrogens (tertiary/aromatic N) is 2. The number of hydrogen-bond acceptors (Lipinski definition) is 3. The van der Waals surface area contributed by atoms with Crippen LogP contribution in [0.4, 0.5) is 0 Å².